The molecule has 0 radical (unpaired) electrons. The molecule has 2 aromatic carbocycles. The molecule has 0 aliphatic heterocycles. The maximum Gasteiger partial charge on any atom is 0.249 e. The van der Waals surface area contributed by atoms with Crippen LogP contribution in [-0.2, 0) is 9.59 Å². The highest BCUT2D eigenvalue weighted by Gasteiger charge is 2.11. The van der Waals surface area contributed by atoms with E-state index in [1.807, 2.05) is 0 Å². The van der Waals surface area contributed by atoms with E-state index in [0.717, 1.165) is 0 Å². The van der Waals surface area contributed by atoms with Gasteiger partial charge >= 0.3 is 0 Å². The number of nitrogens with zero attached hydrogens (tertiary/aromatic N) is 1. The minimum Gasteiger partial charge on any atom is -0.507 e. The molecule has 0 fully saturated rings. The van der Waals surface area contributed by atoms with Gasteiger partial charge in [-0.3, -0.25) is 9.59 Å². The van der Waals surface area contributed by atoms with Gasteiger partial charge in [-0.1, -0.05) is 23.7 Å². The lowest BCUT2D eigenvalue weighted by atomic mass is 10.2. The van der Waals surface area contributed by atoms with Crippen molar-refractivity contribution in [1.82, 2.24) is 5.43 Å². The molecule has 0 aromatic heterocycles. The second-order valence-corrected chi connectivity index (χ2v) is 5.14. The maximum absolute atomic E-state index is 13.4. The molecule has 0 aliphatic rings. The van der Waals surface area contributed by atoms with Gasteiger partial charge < -0.3 is 10.4 Å². The summed E-state index contributed by atoms with van der Waals surface area (Å²) in [7, 11) is 0. The van der Waals surface area contributed by atoms with Crippen LogP contribution in [0.3, 0.4) is 0 Å². The molecule has 0 unspecified atom stereocenters. The van der Waals surface area contributed by atoms with Crippen LogP contribution in [0.15, 0.2) is 47.6 Å². The standard InChI is InChI=1S/C16H13ClFN3O3/c17-11-5-6-14(22)10(7-11)9-19-21-16(24)8-15(23)20-13-4-2-1-3-12(13)18/h1-7,9,22H,8H2,(H,20,23)(H,21,24). The molecule has 0 aliphatic carbocycles. The molecule has 2 aromatic rings. The van der Waals surface area contributed by atoms with Gasteiger partial charge in [0.2, 0.25) is 11.8 Å². The van der Waals surface area contributed by atoms with Gasteiger partial charge in [0.1, 0.15) is 18.0 Å². The van der Waals surface area contributed by atoms with Crippen molar-refractivity contribution in [2.75, 3.05) is 5.32 Å². The van der Waals surface area contributed by atoms with Gasteiger partial charge in [0.05, 0.1) is 11.9 Å². The van der Waals surface area contributed by atoms with E-state index in [1.54, 1.807) is 6.07 Å². The van der Waals surface area contributed by atoms with Crippen LogP contribution in [0, 0.1) is 5.82 Å². The summed E-state index contributed by atoms with van der Waals surface area (Å²) in [6, 6.07) is 9.95. The van der Waals surface area contributed by atoms with Crippen molar-refractivity contribution in [3.05, 3.63) is 58.9 Å². The summed E-state index contributed by atoms with van der Waals surface area (Å²) in [5, 5.41) is 15.9. The van der Waals surface area contributed by atoms with E-state index in [0.29, 0.717) is 10.6 Å². The molecular formula is C16H13ClFN3O3. The van der Waals surface area contributed by atoms with Gasteiger partial charge in [0.15, 0.2) is 0 Å². The van der Waals surface area contributed by atoms with Crippen LogP contribution in [0.5, 0.6) is 5.75 Å². The van der Waals surface area contributed by atoms with Crippen molar-refractivity contribution >= 4 is 35.3 Å². The number of nitrogens with one attached hydrogen (secondary N) is 2. The van der Waals surface area contributed by atoms with Crippen molar-refractivity contribution in [3.8, 4) is 5.75 Å². The van der Waals surface area contributed by atoms with E-state index in [2.05, 4.69) is 15.8 Å². The first kappa shape index (κ1) is 17.4. The van der Waals surface area contributed by atoms with Gasteiger partial charge in [-0.2, -0.15) is 5.10 Å². The second kappa shape index (κ2) is 8.07. The van der Waals surface area contributed by atoms with Gasteiger partial charge in [-0.25, -0.2) is 9.82 Å². The average molecular weight is 350 g/mol. The Kier molecular flexibility index (Phi) is 5.86. The molecule has 8 heteroatoms. The zero-order valence-corrected chi connectivity index (χ0v) is 13.0. The van der Waals surface area contributed by atoms with Crippen LogP contribution < -0.4 is 10.7 Å². The molecule has 0 saturated heterocycles. The summed E-state index contributed by atoms with van der Waals surface area (Å²) in [6.07, 6.45) is 0.654. The zero-order chi connectivity index (χ0) is 17.5. The Morgan fingerprint density at radius 2 is 1.96 bits per heavy atom. The fourth-order valence-corrected chi connectivity index (χ4v) is 1.93. The first-order chi connectivity index (χ1) is 11.5. The number of phenols is 1. The Morgan fingerprint density at radius 1 is 1.21 bits per heavy atom. The molecule has 0 atom stereocenters. The zero-order valence-electron chi connectivity index (χ0n) is 12.3. The number of hydrazone groups is 1. The quantitative estimate of drug-likeness (QED) is 0.440. The fourth-order valence-electron chi connectivity index (χ4n) is 1.74. The van der Waals surface area contributed by atoms with Gasteiger partial charge in [-0.15, -0.1) is 0 Å². The molecular weight excluding hydrogens is 337 g/mol. The third kappa shape index (κ3) is 5.06. The van der Waals surface area contributed by atoms with Crippen LogP contribution in [0.25, 0.3) is 0 Å². The van der Waals surface area contributed by atoms with Crippen molar-refractivity contribution in [3.63, 3.8) is 0 Å². The van der Waals surface area contributed by atoms with Crippen molar-refractivity contribution in [1.29, 1.82) is 0 Å². The van der Waals surface area contributed by atoms with E-state index < -0.39 is 24.1 Å². The van der Waals surface area contributed by atoms with E-state index in [4.69, 9.17) is 11.6 Å². The summed E-state index contributed by atoms with van der Waals surface area (Å²) in [5.41, 5.74) is 2.42. The Labute approximate surface area is 141 Å². The highest BCUT2D eigenvalue weighted by atomic mass is 35.5. The number of carbonyl (C=O) groups is 2. The Balaban J connectivity index is 1.87. The highest BCUT2D eigenvalue weighted by Crippen LogP contribution is 2.19. The molecule has 0 heterocycles. The number of rotatable bonds is 5. The lowest BCUT2D eigenvalue weighted by Crippen LogP contribution is -2.24. The fraction of sp³-hybridized carbons (Fsp3) is 0.0625. The Hall–Kier alpha value is -2.93. The van der Waals surface area contributed by atoms with Gasteiger partial charge in [0.25, 0.3) is 0 Å². The van der Waals surface area contributed by atoms with Crippen molar-refractivity contribution in [2.45, 2.75) is 6.42 Å². The minimum atomic E-state index is -0.693. The summed E-state index contributed by atoms with van der Waals surface area (Å²) in [6.45, 7) is 0. The number of hydrogen-bond acceptors (Lipinski definition) is 4. The lowest BCUT2D eigenvalue weighted by Gasteiger charge is -2.05. The van der Waals surface area contributed by atoms with Crippen LogP contribution in [0.2, 0.25) is 5.02 Å². The molecule has 0 saturated carbocycles. The molecule has 6 nitrogen and oxygen atoms in total. The lowest BCUT2D eigenvalue weighted by molar-refractivity contribution is -0.126. The van der Waals surface area contributed by atoms with Crippen LogP contribution in [-0.4, -0.2) is 23.1 Å². The number of amides is 2. The predicted octanol–water partition coefficient (Wildman–Crippen LogP) is 2.66. The molecule has 0 bridgehead atoms. The molecule has 2 amide bonds. The van der Waals surface area contributed by atoms with Crippen molar-refractivity contribution in [2.24, 2.45) is 5.10 Å². The summed E-state index contributed by atoms with van der Waals surface area (Å²) in [5.74, 6) is -2.03. The normalized spacial score (nSPS) is 10.6. The molecule has 124 valence electrons. The van der Waals surface area contributed by atoms with Crippen LogP contribution >= 0.6 is 11.6 Å². The van der Waals surface area contributed by atoms with E-state index in [9.17, 15) is 19.1 Å². The number of hydrogen-bond donors (Lipinski definition) is 3. The number of anilines is 1. The number of phenolic OH excluding ortho intramolecular Hbond substituents is 1. The van der Waals surface area contributed by atoms with Crippen LogP contribution in [0.4, 0.5) is 10.1 Å². The van der Waals surface area contributed by atoms with E-state index in [-0.39, 0.29) is 11.4 Å². The van der Waals surface area contributed by atoms with Gasteiger partial charge in [-0.05, 0) is 30.3 Å². The number of benzene rings is 2. The van der Waals surface area contributed by atoms with Gasteiger partial charge in [0, 0.05) is 10.6 Å². The summed E-state index contributed by atoms with van der Waals surface area (Å²) in [4.78, 5) is 23.3. The maximum atomic E-state index is 13.4. The Morgan fingerprint density at radius 3 is 2.71 bits per heavy atom. The number of aromatic hydroxyl groups is 1. The highest BCUT2D eigenvalue weighted by molar-refractivity contribution is 6.30. The molecule has 24 heavy (non-hydrogen) atoms. The third-order valence-corrected chi connectivity index (χ3v) is 3.09. The predicted molar refractivity (Wildman–Crippen MR) is 88.5 cm³/mol. The average Bonchev–Trinajstić information content (AvgIpc) is 2.53. The smallest absolute Gasteiger partial charge is 0.249 e. The number of halogens is 2. The first-order valence-corrected chi connectivity index (χ1v) is 7.18. The summed E-state index contributed by atoms with van der Waals surface area (Å²) >= 11 is 5.77. The monoisotopic (exact) mass is 349 g/mol. The SMILES string of the molecule is O=C(CC(=O)Nc1ccccc1F)NN=Cc1cc(Cl)ccc1O. The number of carbonyl (C=O) groups excluding carboxylic acids is 2. The molecule has 3 N–H and O–H groups in total. The topological polar surface area (TPSA) is 90.8 Å². The second-order valence-electron chi connectivity index (χ2n) is 4.70. The first-order valence-electron chi connectivity index (χ1n) is 6.80. The summed E-state index contributed by atoms with van der Waals surface area (Å²) < 4.78 is 13.4. The van der Waals surface area contributed by atoms with E-state index in [1.165, 1.54) is 42.6 Å². The van der Waals surface area contributed by atoms with Crippen LogP contribution in [0.1, 0.15) is 12.0 Å². The largest absolute Gasteiger partial charge is 0.507 e. The minimum absolute atomic E-state index is 0.0114. The van der Waals surface area contributed by atoms with Crippen molar-refractivity contribution < 1.29 is 19.1 Å². The Bertz CT molecular complexity index is 796. The number of para-hydroxylation sites is 1. The third-order valence-electron chi connectivity index (χ3n) is 2.85. The molecule has 0 spiro atoms. The van der Waals surface area contributed by atoms with E-state index >= 15 is 0 Å². The molecule has 2 rings (SSSR count).